The van der Waals surface area contributed by atoms with Gasteiger partial charge < -0.3 is 25.4 Å². The third-order valence-electron chi connectivity index (χ3n) is 3.78. The first-order valence-electron chi connectivity index (χ1n) is 8.83. The van der Waals surface area contributed by atoms with Crippen LogP contribution in [0, 0.1) is 10.1 Å². The predicted molar refractivity (Wildman–Crippen MR) is 111 cm³/mol. The van der Waals surface area contributed by atoms with Crippen molar-refractivity contribution in [2.24, 2.45) is 4.99 Å². The maximum absolute atomic E-state index is 10.7. The maximum atomic E-state index is 10.7. The van der Waals surface area contributed by atoms with E-state index in [9.17, 15) is 10.1 Å². The van der Waals surface area contributed by atoms with Crippen LogP contribution in [-0.4, -0.2) is 44.7 Å². The molecular weight excluding hydrogens is 362 g/mol. The van der Waals surface area contributed by atoms with Gasteiger partial charge >= 0.3 is 0 Å². The quantitative estimate of drug-likeness (QED) is 0.199. The summed E-state index contributed by atoms with van der Waals surface area (Å²) in [6.07, 6.45) is 0. The molecule has 0 saturated carbocycles. The van der Waals surface area contributed by atoms with Gasteiger partial charge in [-0.25, -0.2) is 0 Å². The van der Waals surface area contributed by atoms with E-state index in [2.05, 4.69) is 20.9 Å². The first-order chi connectivity index (χ1) is 13.6. The number of guanidine groups is 1. The number of methoxy groups -OCH3 is 2. The average molecular weight is 387 g/mol. The first kappa shape index (κ1) is 20.8. The molecule has 0 radical (unpaired) electrons. The number of ether oxygens (including phenoxy) is 2. The van der Waals surface area contributed by atoms with Crippen molar-refractivity contribution in [3.63, 3.8) is 0 Å². The number of nitrogens with one attached hydrogen (secondary N) is 3. The van der Waals surface area contributed by atoms with E-state index in [1.54, 1.807) is 26.4 Å². The Labute approximate surface area is 163 Å². The predicted octanol–water partition coefficient (Wildman–Crippen LogP) is 3.10. The van der Waals surface area contributed by atoms with Crippen molar-refractivity contribution in [2.45, 2.75) is 6.92 Å². The normalized spacial score (nSPS) is 10.9. The second-order valence-corrected chi connectivity index (χ2v) is 5.69. The van der Waals surface area contributed by atoms with Gasteiger partial charge in [0, 0.05) is 42.7 Å². The summed E-state index contributed by atoms with van der Waals surface area (Å²) in [5, 5.41) is 20.3. The SMILES string of the molecule is CCNC(=NCCNc1ccc([N+](=O)[O-])cc1)Nc1ccc(OC)c(OC)c1. The molecule has 0 fully saturated rings. The second-order valence-electron chi connectivity index (χ2n) is 5.69. The highest BCUT2D eigenvalue weighted by atomic mass is 16.6. The molecule has 0 unspecified atom stereocenters. The summed E-state index contributed by atoms with van der Waals surface area (Å²) in [7, 11) is 3.18. The van der Waals surface area contributed by atoms with Crippen LogP contribution in [0.4, 0.5) is 17.1 Å². The van der Waals surface area contributed by atoms with Crippen LogP contribution in [0.5, 0.6) is 11.5 Å². The zero-order chi connectivity index (χ0) is 20.4. The number of rotatable bonds is 9. The molecule has 150 valence electrons. The smallest absolute Gasteiger partial charge is 0.269 e. The number of benzene rings is 2. The van der Waals surface area contributed by atoms with E-state index in [0.29, 0.717) is 30.5 Å². The van der Waals surface area contributed by atoms with Crippen LogP contribution in [0.3, 0.4) is 0 Å². The Morgan fingerprint density at radius 1 is 1.07 bits per heavy atom. The Morgan fingerprint density at radius 3 is 2.36 bits per heavy atom. The molecule has 0 aromatic heterocycles. The molecular formula is C19H25N5O4. The summed E-state index contributed by atoms with van der Waals surface area (Å²) in [5.74, 6) is 1.92. The van der Waals surface area contributed by atoms with Gasteiger partial charge in [-0.05, 0) is 31.2 Å². The minimum atomic E-state index is -0.420. The fraction of sp³-hybridized carbons (Fsp3) is 0.316. The van der Waals surface area contributed by atoms with E-state index in [4.69, 9.17) is 9.47 Å². The lowest BCUT2D eigenvalue weighted by Gasteiger charge is -2.14. The van der Waals surface area contributed by atoms with Gasteiger partial charge in [-0.3, -0.25) is 15.1 Å². The van der Waals surface area contributed by atoms with Gasteiger partial charge in [0.25, 0.3) is 5.69 Å². The molecule has 2 aromatic rings. The van der Waals surface area contributed by atoms with E-state index in [1.807, 2.05) is 25.1 Å². The molecule has 0 heterocycles. The van der Waals surface area contributed by atoms with Crippen LogP contribution in [0.2, 0.25) is 0 Å². The molecule has 9 heteroatoms. The van der Waals surface area contributed by atoms with Crippen LogP contribution < -0.4 is 25.4 Å². The highest BCUT2D eigenvalue weighted by molar-refractivity contribution is 5.93. The standard InChI is InChI=1S/C19H25N5O4/c1-4-20-19(23-15-7-10-17(27-2)18(13-15)28-3)22-12-11-21-14-5-8-16(9-6-14)24(25)26/h5-10,13,21H,4,11-12H2,1-3H3,(H2,20,22,23). The maximum Gasteiger partial charge on any atom is 0.269 e. The Hall–Kier alpha value is -3.49. The van der Waals surface area contributed by atoms with Crippen LogP contribution in [-0.2, 0) is 0 Å². The van der Waals surface area contributed by atoms with E-state index in [-0.39, 0.29) is 5.69 Å². The van der Waals surface area contributed by atoms with Crippen LogP contribution in [0.1, 0.15) is 6.92 Å². The number of hydrogen-bond acceptors (Lipinski definition) is 6. The summed E-state index contributed by atoms with van der Waals surface area (Å²) >= 11 is 0. The molecule has 2 rings (SSSR count). The second kappa shape index (κ2) is 10.6. The van der Waals surface area contributed by atoms with Crippen molar-refractivity contribution in [1.82, 2.24) is 5.32 Å². The topological polar surface area (TPSA) is 110 Å². The molecule has 2 aromatic carbocycles. The minimum absolute atomic E-state index is 0.0668. The molecule has 0 aliphatic carbocycles. The molecule has 3 N–H and O–H groups in total. The summed E-state index contributed by atoms with van der Waals surface area (Å²) in [6, 6.07) is 11.8. The van der Waals surface area contributed by atoms with Gasteiger partial charge in [0.05, 0.1) is 25.7 Å². The Morgan fingerprint density at radius 2 is 1.75 bits per heavy atom. The highest BCUT2D eigenvalue weighted by Crippen LogP contribution is 2.29. The zero-order valence-corrected chi connectivity index (χ0v) is 16.2. The lowest BCUT2D eigenvalue weighted by Crippen LogP contribution is -2.31. The van der Waals surface area contributed by atoms with Crippen molar-refractivity contribution in [3.8, 4) is 11.5 Å². The largest absolute Gasteiger partial charge is 0.493 e. The van der Waals surface area contributed by atoms with Crippen LogP contribution in [0.15, 0.2) is 47.5 Å². The summed E-state index contributed by atoms with van der Waals surface area (Å²) in [5.41, 5.74) is 1.69. The monoisotopic (exact) mass is 387 g/mol. The molecule has 0 aliphatic rings. The number of nitro groups is 1. The lowest BCUT2D eigenvalue weighted by atomic mass is 10.3. The van der Waals surface area contributed by atoms with Crippen molar-refractivity contribution < 1.29 is 14.4 Å². The molecule has 0 atom stereocenters. The Balaban J connectivity index is 1.93. The summed E-state index contributed by atoms with van der Waals surface area (Å²) < 4.78 is 10.6. The van der Waals surface area contributed by atoms with Crippen molar-refractivity contribution >= 4 is 23.0 Å². The molecule has 0 amide bonds. The summed E-state index contributed by atoms with van der Waals surface area (Å²) in [4.78, 5) is 14.8. The number of nitrogens with zero attached hydrogens (tertiary/aromatic N) is 2. The van der Waals surface area contributed by atoms with E-state index < -0.39 is 4.92 Å². The fourth-order valence-electron chi connectivity index (χ4n) is 2.43. The van der Waals surface area contributed by atoms with Gasteiger partial charge in [-0.1, -0.05) is 0 Å². The number of anilines is 2. The van der Waals surface area contributed by atoms with Crippen molar-refractivity contribution in [3.05, 3.63) is 52.6 Å². The highest BCUT2D eigenvalue weighted by Gasteiger charge is 2.06. The molecule has 0 aliphatic heterocycles. The lowest BCUT2D eigenvalue weighted by molar-refractivity contribution is -0.384. The fourth-order valence-corrected chi connectivity index (χ4v) is 2.43. The molecule has 28 heavy (non-hydrogen) atoms. The minimum Gasteiger partial charge on any atom is -0.493 e. The zero-order valence-electron chi connectivity index (χ0n) is 16.2. The summed E-state index contributed by atoms with van der Waals surface area (Å²) in [6.45, 7) is 3.80. The number of non-ortho nitro benzene ring substituents is 1. The number of hydrogen-bond donors (Lipinski definition) is 3. The van der Waals surface area contributed by atoms with Gasteiger partial charge in [0.1, 0.15) is 0 Å². The third kappa shape index (κ3) is 6.04. The van der Waals surface area contributed by atoms with Crippen LogP contribution >= 0.6 is 0 Å². The van der Waals surface area contributed by atoms with Crippen molar-refractivity contribution in [1.29, 1.82) is 0 Å². The first-order valence-corrected chi connectivity index (χ1v) is 8.83. The Bertz CT molecular complexity index is 808. The van der Waals surface area contributed by atoms with Gasteiger partial charge in [-0.15, -0.1) is 0 Å². The Kier molecular flexibility index (Phi) is 7.89. The molecule has 0 saturated heterocycles. The number of aliphatic imine (C=N–C) groups is 1. The van der Waals surface area contributed by atoms with Gasteiger partial charge in [0.15, 0.2) is 17.5 Å². The van der Waals surface area contributed by atoms with Gasteiger partial charge in [0.2, 0.25) is 0 Å². The van der Waals surface area contributed by atoms with Gasteiger partial charge in [-0.2, -0.15) is 0 Å². The third-order valence-corrected chi connectivity index (χ3v) is 3.78. The van der Waals surface area contributed by atoms with E-state index in [1.165, 1.54) is 12.1 Å². The van der Waals surface area contributed by atoms with Crippen LogP contribution in [0.25, 0.3) is 0 Å². The van der Waals surface area contributed by atoms with E-state index in [0.717, 1.165) is 17.9 Å². The van der Waals surface area contributed by atoms with E-state index >= 15 is 0 Å². The number of nitro benzene ring substituents is 1. The molecule has 0 spiro atoms. The van der Waals surface area contributed by atoms with Crippen molar-refractivity contribution in [2.75, 3.05) is 44.5 Å². The molecule has 0 bridgehead atoms. The average Bonchev–Trinajstić information content (AvgIpc) is 2.71. The molecule has 9 nitrogen and oxygen atoms in total.